The van der Waals surface area contributed by atoms with E-state index in [2.05, 4.69) is 82.9 Å². The molecule has 3 aliphatic carbocycles. The first-order valence-electron chi connectivity index (χ1n) is 20.2. The average molecular weight is 720 g/mol. The maximum absolute atomic E-state index is 12.9. The van der Waals surface area contributed by atoms with Gasteiger partial charge in [0.05, 0.1) is 17.8 Å². The van der Waals surface area contributed by atoms with Crippen molar-refractivity contribution in [3.63, 3.8) is 0 Å². The average Bonchev–Trinajstić information content (AvgIpc) is 3.11. The minimum absolute atomic E-state index is 0.0999. The number of carbonyl (C=O) groups is 3. The predicted molar refractivity (Wildman–Crippen MR) is 212 cm³/mol. The van der Waals surface area contributed by atoms with Crippen LogP contribution < -0.4 is 0 Å². The SMILES string of the molecule is CC(C)=CCCC1=CCC(C(=O)OCCN(CCOC(=O)C2CC=C(CCC=C(C)C)CC2)CCOC(=O)C2CC=C(CCC=C(C)C)CC2)CC1. The molecule has 0 aromatic carbocycles. The molecule has 7 nitrogen and oxygen atoms in total. The number of esters is 3. The second kappa shape index (κ2) is 24.2. The van der Waals surface area contributed by atoms with Gasteiger partial charge in [0.2, 0.25) is 0 Å². The number of allylic oxidation sites excluding steroid dienone is 12. The van der Waals surface area contributed by atoms with E-state index in [4.69, 9.17) is 14.2 Å². The summed E-state index contributed by atoms with van der Waals surface area (Å²) in [6.45, 7) is 14.9. The van der Waals surface area contributed by atoms with Gasteiger partial charge in [-0.05, 0) is 138 Å². The van der Waals surface area contributed by atoms with Crippen LogP contribution in [0.1, 0.15) is 138 Å². The van der Waals surface area contributed by atoms with Crippen LogP contribution in [0, 0.1) is 17.8 Å². The van der Waals surface area contributed by atoms with Crippen LogP contribution in [-0.4, -0.2) is 62.3 Å². The van der Waals surface area contributed by atoms with Gasteiger partial charge in [-0.2, -0.15) is 0 Å². The van der Waals surface area contributed by atoms with E-state index in [1.54, 1.807) is 0 Å². The zero-order chi connectivity index (χ0) is 37.7. The smallest absolute Gasteiger partial charge is 0.309 e. The van der Waals surface area contributed by atoms with Crippen LogP contribution in [0.25, 0.3) is 0 Å². The van der Waals surface area contributed by atoms with Crippen LogP contribution in [0.3, 0.4) is 0 Å². The first-order chi connectivity index (χ1) is 25.0. The Morgan fingerprint density at radius 3 is 1.06 bits per heavy atom. The van der Waals surface area contributed by atoms with Crippen molar-refractivity contribution in [3.05, 3.63) is 69.9 Å². The van der Waals surface area contributed by atoms with Gasteiger partial charge in [0.15, 0.2) is 0 Å². The van der Waals surface area contributed by atoms with Gasteiger partial charge in [0.25, 0.3) is 0 Å². The molecule has 0 heterocycles. The van der Waals surface area contributed by atoms with Crippen LogP contribution in [0.2, 0.25) is 0 Å². The zero-order valence-corrected chi connectivity index (χ0v) is 33.4. The number of hydrogen-bond acceptors (Lipinski definition) is 7. The van der Waals surface area contributed by atoms with Crippen molar-refractivity contribution in [2.75, 3.05) is 39.5 Å². The highest BCUT2D eigenvalue weighted by molar-refractivity contribution is 5.74. The van der Waals surface area contributed by atoms with E-state index in [1.165, 1.54) is 33.4 Å². The third-order valence-corrected chi connectivity index (χ3v) is 10.5. The van der Waals surface area contributed by atoms with Crippen LogP contribution in [0.4, 0.5) is 0 Å². The number of nitrogens with zero attached hydrogens (tertiary/aromatic N) is 1. The Kier molecular flexibility index (Phi) is 20.1. The maximum Gasteiger partial charge on any atom is 0.309 e. The molecule has 3 aliphatic rings. The molecule has 3 unspecified atom stereocenters. The monoisotopic (exact) mass is 720 g/mol. The normalized spacial score (nSPS) is 20.1. The third kappa shape index (κ3) is 17.6. The Morgan fingerprint density at radius 1 is 0.538 bits per heavy atom. The molecule has 290 valence electrons. The lowest BCUT2D eigenvalue weighted by molar-refractivity contribution is -0.150. The molecule has 0 aliphatic heterocycles. The molecule has 3 atom stereocenters. The van der Waals surface area contributed by atoms with Crippen molar-refractivity contribution >= 4 is 17.9 Å². The molecular weight excluding hydrogens is 650 g/mol. The number of ether oxygens (including phenoxy) is 3. The Balaban J connectivity index is 1.45. The van der Waals surface area contributed by atoms with Crippen LogP contribution in [0.15, 0.2) is 69.9 Å². The summed E-state index contributed by atoms with van der Waals surface area (Å²) in [5.41, 5.74) is 8.32. The Bertz CT molecular complexity index is 1170. The topological polar surface area (TPSA) is 82.1 Å². The molecule has 0 amide bonds. The van der Waals surface area contributed by atoms with Crippen LogP contribution in [-0.2, 0) is 28.6 Å². The standard InChI is InChI=1S/C45H69NO6/c1-34(2)10-7-13-37-16-22-40(23-17-37)43(47)50-31-28-46(29-32-51-44(48)41-24-18-38(19-25-41)14-8-11-35(3)4)30-33-52-45(49)42-26-20-39(21-27-42)15-9-12-36(5)6/h10-12,16,18,20,40-42H,7-9,13-15,17,19,21-33H2,1-6H3. The highest BCUT2D eigenvalue weighted by Crippen LogP contribution is 2.29. The molecule has 0 aromatic rings. The van der Waals surface area contributed by atoms with Crippen LogP contribution >= 0.6 is 0 Å². The van der Waals surface area contributed by atoms with Crippen molar-refractivity contribution < 1.29 is 28.6 Å². The van der Waals surface area contributed by atoms with Crippen molar-refractivity contribution in [1.82, 2.24) is 4.90 Å². The molecule has 0 spiro atoms. The fourth-order valence-corrected chi connectivity index (χ4v) is 7.14. The van der Waals surface area contributed by atoms with Crippen molar-refractivity contribution in [1.29, 1.82) is 0 Å². The summed E-state index contributed by atoms with van der Waals surface area (Å²) in [5.74, 6) is -0.734. The number of carbonyl (C=O) groups excluding carboxylic acids is 3. The molecule has 3 rings (SSSR count). The Morgan fingerprint density at radius 2 is 0.827 bits per heavy atom. The highest BCUT2D eigenvalue weighted by atomic mass is 16.5. The Labute approximate surface area is 315 Å². The fraction of sp³-hybridized carbons (Fsp3) is 0.667. The zero-order valence-electron chi connectivity index (χ0n) is 33.4. The van der Waals surface area contributed by atoms with E-state index in [0.29, 0.717) is 19.6 Å². The molecule has 0 saturated heterocycles. The van der Waals surface area contributed by atoms with Crippen molar-refractivity contribution in [2.45, 2.75) is 138 Å². The number of rotatable bonds is 21. The van der Waals surface area contributed by atoms with E-state index >= 15 is 0 Å². The van der Waals surface area contributed by atoms with E-state index in [9.17, 15) is 14.4 Å². The molecule has 0 saturated carbocycles. The second-order valence-corrected chi connectivity index (χ2v) is 15.8. The van der Waals surface area contributed by atoms with Gasteiger partial charge in [0, 0.05) is 19.6 Å². The molecular formula is C45H69NO6. The summed E-state index contributed by atoms with van der Waals surface area (Å²) >= 11 is 0. The van der Waals surface area contributed by atoms with E-state index in [1.807, 2.05) is 0 Å². The van der Waals surface area contributed by atoms with E-state index in [0.717, 1.165) is 96.3 Å². The summed E-state index contributed by atoms with van der Waals surface area (Å²) in [7, 11) is 0. The second-order valence-electron chi connectivity index (χ2n) is 15.8. The first kappa shape index (κ1) is 43.2. The van der Waals surface area contributed by atoms with Gasteiger partial charge in [-0.3, -0.25) is 19.3 Å². The lowest BCUT2D eigenvalue weighted by atomic mass is 9.88. The summed E-state index contributed by atoms with van der Waals surface area (Å²) in [6.07, 6.45) is 27.3. The van der Waals surface area contributed by atoms with Gasteiger partial charge in [0.1, 0.15) is 19.8 Å². The summed E-state index contributed by atoms with van der Waals surface area (Å²) in [4.78, 5) is 40.9. The highest BCUT2D eigenvalue weighted by Gasteiger charge is 2.26. The molecule has 0 aromatic heterocycles. The lowest BCUT2D eigenvalue weighted by Gasteiger charge is -2.25. The quantitative estimate of drug-likeness (QED) is 0.0663. The van der Waals surface area contributed by atoms with Gasteiger partial charge in [-0.1, -0.05) is 69.9 Å². The molecule has 0 bridgehead atoms. The minimum atomic E-state index is -0.145. The molecule has 0 fully saturated rings. The molecule has 52 heavy (non-hydrogen) atoms. The molecule has 7 heteroatoms. The van der Waals surface area contributed by atoms with Crippen molar-refractivity contribution in [3.8, 4) is 0 Å². The Hall–Kier alpha value is -3.19. The van der Waals surface area contributed by atoms with Gasteiger partial charge >= 0.3 is 17.9 Å². The predicted octanol–water partition coefficient (Wildman–Crippen LogP) is 10.3. The van der Waals surface area contributed by atoms with Gasteiger partial charge < -0.3 is 14.2 Å². The molecule has 0 radical (unpaired) electrons. The van der Waals surface area contributed by atoms with Crippen molar-refractivity contribution in [2.24, 2.45) is 17.8 Å². The summed E-state index contributed by atoms with van der Waals surface area (Å²) < 4.78 is 17.3. The van der Waals surface area contributed by atoms with Gasteiger partial charge in [-0.25, -0.2) is 0 Å². The summed E-state index contributed by atoms with van der Waals surface area (Å²) in [6, 6.07) is 0. The maximum atomic E-state index is 12.9. The van der Waals surface area contributed by atoms with Crippen LogP contribution in [0.5, 0.6) is 0 Å². The lowest BCUT2D eigenvalue weighted by Crippen LogP contribution is -2.36. The molecule has 0 N–H and O–H groups in total. The van der Waals surface area contributed by atoms with Gasteiger partial charge in [-0.15, -0.1) is 0 Å². The fourth-order valence-electron chi connectivity index (χ4n) is 7.14. The van der Waals surface area contributed by atoms with E-state index in [-0.39, 0.29) is 55.5 Å². The minimum Gasteiger partial charge on any atom is -0.464 e. The van der Waals surface area contributed by atoms with E-state index < -0.39 is 0 Å². The first-order valence-corrected chi connectivity index (χ1v) is 20.2. The number of hydrogen-bond donors (Lipinski definition) is 0. The largest absolute Gasteiger partial charge is 0.464 e. The summed E-state index contributed by atoms with van der Waals surface area (Å²) in [5, 5.41) is 0. The third-order valence-electron chi connectivity index (χ3n) is 10.5.